The van der Waals surface area contributed by atoms with E-state index in [1.54, 1.807) is 49.9 Å². The van der Waals surface area contributed by atoms with E-state index in [2.05, 4.69) is 4.98 Å². The molecule has 0 radical (unpaired) electrons. The third kappa shape index (κ3) is 7.91. The Kier molecular flexibility index (Phi) is 10.5. The predicted molar refractivity (Wildman–Crippen MR) is 164 cm³/mol. The van der Waals surface area contributed by atoms with Crippen LogP contribution < -0.4 is 4.74 Å². The zero-order valence-electron chi connectivity index (χ0n) is 25.9. The number of aliphatic hydroxyl groups is 2. The molecule has 2 fully saturated rings. The van der Waals surface area contributed by atoms with E-state index in [1.165, 1.54) is 11.3 Å². The second kappa shape index (κ2) is 13.7. The van der Waals surface area contributed by atoms with Crippen LogP contribution in [0.2, 0.25) is 0 Å². The molecule has 1 aromatic carbocycles. The minimum absolute atomic E-state index is 0.132. The van der Waals surface area contributed by atoms with Crippen molar-refractivity contribution in [1.29, 1.82) is 0 Å². The van der Waals surface area contributed by atoms with Crippen LogP contribution in [0.15, 0.2) is 41.3 Å². The molecule has 10 heteroatoms. The highest BCUT2D eigenvalue weighted by molar-refractivity contribution is 7.09. The minimum Gasteiger partial charge on any atom is -0.458 e. The van der Waals surface area contributed by atoms with E-state index >= 15 is 0 Å². The van der Waals surface area contributed by atoms with E-state index in [1.807, 2.05) is 38.3 Å². The van der Waals surface area contributed by atoms with Crippen molar-refractivity contribution in [2.75, 3.05) is 0 Å². The van der Waals surface area contributed by atoms with Gasteiger partial charge in [-0.3, -0.25) is 14.5 Å². The lowest BCUT2D eigenvalue weighted by molar-refractivity contribution is -0.154. The van der Waals surface area contributed by atoms with Gasteiger partial charge < -0.3 is 19.7 Å². The fourth-order valence-corrected chi connectivity index (χ4v) is 6.58. The van der Waals surface area contributed by atoms with Gasteiger partial charge in [0.25, 0.3) is 0 Å². The van der Waals surface area contributed by atoms with Crippen molar-refractivity contribution in [3.05, 3.63) is 52.0 Å². The first kappa shape index (κ1) is 32.8. The topological polar surface area (TPSA) is 126 Å². The van der Waals surface area contributed by atoms with E-state index < -0.39 is 41.7 Å². The number of carbonyl (C=O) groups excluding carboxylic acids is 3. The number of ether oxygens (including phenoxy) is 2. The molecule has 234 valence electrons. The Balaban J connectivity index is 1.63. The quantitative estimate of drug-likeness (QED) is 0.340. The van der Waals surface area contributed by atoms with Crippen molar-refractivity contribution in [3.8, 4) is 5.75 Å². The minimum atomic E-state index is -1.30. The van der Waals surface area contributed by atoms with Crippen molar-refractivity contribution >= 4 is 35.3 Å². The number of hydrogen-bond acceptors (Lipinski definition) is 9. The maximum absolute atomic E-state index is 13.4. The fraction of sp³-hybridized carbons (Fsp3) is 0.576. The normalized spacial score (nSPS) is 30.7. The average Bonchev–Trinajstić information content (AvgIpc) is 3.49. The molecule has 0 unspecified atom stereocenters. The van der Waals surface area contributed by atoms with Gasteiger partial charge in [-0.15, -0.1) is 11.3 Å². The summed E-state index contributed by atoms with van der Waals surface area (Å²) in [7, 11) is 0. The number of carbonyl (C=O) groups is 3. The molecule has 1 aromatic heterocycles. The second-order valence-electron chi connectivity index (χ2n) is 12.6. The van der Waals surface area contributed by atoms with Crippen molar-refractivity contribution in [1.82, 2.24) is 9.88 Å². The lowest BCUT2D eigenvalue weighted by Crippen LogP contribution is -2.45. The first-order valence-electron chi connectivity index (χ1n) is 15.0. The van der Waals surface area contributed by atoms with Crippen molar-refractivity contribution < 1.29 is 34.1 Å². The number of hydrogen-bond donors (Lipinski definition) is 2. The van der Waals surface area contributed by atoms with Gasteiger partial charge >= 0.3 is 12.1 Å². The first-order chi connectivity index (χ1) is 20.3. The fourth-order valence-electron chi connectivity index (χ4n) is 6.01. The van der Waals surface area contributed by atoms with E-state index in [9.17, 15) is 24.6 Å². The van der Waals surface area contributed by atoms with Crippen LogP contribution in [0.3, 0.4) is 0 Å². The SMILES string of the molecule is CC(=Cc1csc(C)n1)[C@@H]1C[C@H]2[C@@H](CCC[C@H](C)[C@H](O)[C@H](C)C(=O)C(C)(C)[C@@H](O)CC(=O)O1)N2C(=O)Oc1ccccc1. The maximum atomic E-state index is 13.4. The van der Waals surface area contributed by atoms with E-state index in [0.717, 1.165) is 22.7 Å². The molecule has 7 atom stereocenters. The Morgan fingerprint density at radius 2 is 1.84 bits per heavy atom. The molecule has 0 aliphatic carbocycles. The van der Waals surface area contributed by atoms with Crippen LogP contribution in [0.1, 0.15) is 77.4 Å². The van der Waals surface area contributed by atoms with E-state index in [4.69, 9.17) is 9.47 Å². The summed E-state index contributed by atoms with van der Waals surface area (Å²) in [5, 5.41) is 24.9. The molecule has 2 N–H and O–H groups in total. The summed E-state index contributed by atoms with van der Waals surface area (Å²) in [6, 6.07) is 8.51. The van der Waals surface area contributed by atoms with Gasteiger partial charge in [0, 0.05) is 17.7 Å². The molecule has 0 saturated carbocycles. The first-order valence-corrected chi connectivity index (χ1v) is 15.9. The van der Waals surface area contributed by atoms with Crippen LogP contribution in [-0.4, -0.2) is 68.3 Å². The number of aliphatic hydroxyl groups excluding tert-OH is 2. The number of cyclic esters (lactones) is 1. The summed E-state index contributed by atoms with van der Waals surface area (Å²) in [6.07, 6.45) is 0.531. The number of Topliss-reactive ketones (excluding diaryl/α,β-unsaturated/α-hetero) is 1. The van der Waals surface area contributed by atoms with Gasteiger partial charge in [-0.1, -0.05) is 52.3 Å². The molecule has 0 bridgehead atoms. The average molecular weight is 613 g/mol. The number of aromatic nitrogens is 1. The number of ketones is 1. The summed E-state index contributed by atoms with van der Waals surface area (Å²) < 4.78 is 11.6. The Hall–Kier alpha value is -3.08. The van der Waals surface area contributed by atoms with Crippen LogP contribution >= 0.6 is 11.3 Å². The van der Waals surface area contributed by atoms with Gasteiger partial charge in [-0.25, -0.2) is 9.78 Å². The molecular weight excluding hydrogens is 568 g/mol. The molecule has 2 saturated heterocycles. The molecule has 2 aromatic rings. The standard InChI is InChI=1S/C33H44N2O7S/c1-19-11-10-14-25-26(35(25)32(40)41-24-12-8-7-9-13-24)16-27(20(2)15-23-18-43-22(4)34-23)42-29(37)17-28(36)33(5,6)31(39)21(3)30(19)38/h7-9,12-13,15,18-19,21,25-28,30,36,38H,10-11,14,16-17H2,1-6H3/t19-,21-,25+,26-,27-,28-,30-,35?/m0/s1. The monoisotopic (exact) mass is 612 g/mol. The molecule has 2 aliphatic heterocycles. The van der Waals surface area contributed by atoms with Crippen LogP contribution in [-0.2, 0) is 14.3 Å². The number of rotatable bonds is 3. The highest BCUT2D eigenvalue weighted by Gasteiger charge is 2.53. The van der Waals surface area contributed by atoms with Gasteiger partial charge in [-0.2, -0.15) is 0 Å². The van der Waals surface area contributed by atoms with Crippen LogP contribution in [0, 0.1) is 24.2 Å². The van der Waals surface area contributed by atoms with Crippen LogP contribution in [0.4, 0.5) is 4.79 Å². The Bertz CT molecular complexity index is 1320. The number of esters is 1. The van der Waals surface area contributed by atoms with E-state index in [0.29, 0.717) is 25.0 Å². The summed E-state index contributed by atoms with van der Waals surface area (Å²) >= 11 is 1.52. The smallest absolute Gasteiger partial charge is 0.415 e. The molecule has 9 nitrogen and oxygen atoms in total. The van der Waals surface area contributed by atoms with Crippen LogP contribution in [0.5, 0.6) is 5.75 Å². The molecule has 43 heavy (non-hydrogen) atoms. The highest BCUT2D eigenvalue weighted by atomic mass is 32.1. The summed E-state index contributed by atoms with van der Waals surface area (Å²) in [5.74, 6) is -1.41. The van der Waals surface area contributed by atoms with Gasteiger partial charge in [-0.05, 0) is 56.4 Å². The molecule has 4 rings (SSSR count). The van der Waals surface area contributed by atoms with Gasteiger partial charge in [0.15, 0.2) is 0 Å². The lowest BCUT2D eigenvalue weighted by atomic mass is 9.73. The number of nitrogens with zero attached hydrogens (tertiary/aromatic N) is 2. The largest absolute Gasteiger partial charge is 0.458 e. The Morgan fingerprint density at radius 3 is 2.49 bits per heavy atom. The third-order valence-corrected chi connectivity index (χ3v) is 9.77. The van der Waals surface area contributed by atoms with Gasteiger partial charge in [0.05, 0.1) is 46.8 Å². The molecule has 1 amide bonds. The zero-order chi connectivity index (χ0) is 31.5. The summed E-state index contributed by atoms with van der Waals surface area (Å²) in [5.41, 5.74) is 0.245. The zero-order valence-corrected chi connectivity index (χ0v) is 26.7. The predicted octanol–water partition coefficient (Wildman–Crippen LogP) is 5.57. The number of benzene rings is 1. The van der Waals surface area contributed by atoms with E-state index in [-0.39, 0.29) is 30.2 Å². The number of fused-ring (bicyclic) bond motifs is 1. The van der Waals surface area contributed by atoms with Gasteiger partial charge in [0.2, 0.25) is 0 Å². The van der Waals surface area contributed by atoms with Crippen LogP contribution in [0.25, 0.3) is 6.08 Å². The molecule has 3 heterocycles. The molecular formula is C33H44N2O7S. The Labute approximate surface area is 257 Å². The second-order valence-corrected chi connectivity index (χ2v) is 13.7. The third-order valence-electron chi connectivity index (χ3n) is 8.97. The number of para-hydroxylation sites is 1. The summed E-state index contributed by atoms with van der Waals surface area (Å²) in [6.45, 7) is 10.6. The van der Waals surface area contributed by atoms with Crippen molar-refractivity contribution in [2.45, 2.75) is 104 Å². The molecule has 0 spiro atoms. The Morgan fingerprint density at radius 1 is 1.14 bits per heavy atom. The summed E-state index contributed by atoms with van der Waals surface area (Å²) in [4.78, 5) is 46.1. The highest BCUT2D eigenvalue weighted by Crippen LogP contribution is 2.40. The number of aryl methyl sites for hydroxylation is 1. The van der Waals surface area contributed by atoms with Crippen molar-refractivity contribution in [2.24, 2.45) is 17.3 Å². The maximum Gasteiger partial charge on any atom is 0.415 e. The lowest BCUT2D eigenvalue weighted by Gasteiger charge is -2.34. The number of thiazole rings is 1. The number of amides is 1. The van der Waals surface area contributed by atoms with Crippen molar-refractivity contribution in [3.63, 3.8) is 0 Å². The molecule has 2 aliphatic rings. The van der Waals surface area contributed by atoms with Gasteiger partial charge in [0.1, 0.15) is 17.6 Å².